The van der Waals surface area contributed by atoms with Crippen LogP contribution in [-0.4, -0.2) is 0 Å². The molecule has 0 unspecified atom stereocenters. The van der Waals surface area contributed by atoms with Crippen LogP contribution in [0.5, 0.6) is 0 Å². The average molecular weight is 716 g/mol. The second-order valence-electron chi connectivity index (χ2n) is 15.3. The zero-order chi connectivity index (χ0) is 37.6. The minimum absolute atomic E-state index is 0.1000. The second kappa shape index (κ2) is 13.7. The van der Waals surface area contributed by atoms with Crippen LogP contribution in [0.2, 0.25) is 0 Å². The summed E-state index contributed by atoms with van der Waals surface area (Å²) in [6.07, 6.45) is 0. The lowest BCUT2D eigenvalue weighted by molar-refractivity contribution is 0.662. The van der Waals surface area contributed by atoms with E-state index < -0.39 is 0 Å². The van der Waals surface area contributed by atoms with Crippen molar-refractivity contribution in [1.82, 2.24) is 0 Å². The third-order valence-electron chi connectivity index (χ3n) is 11.7. The van der Waals surface area contributed by atoms with Gasteiger partial charge < -0.3 is 4.90 Å². The van der Waals surface area contributed by atoms with E-state index in [4.69, 9.17) is 0 Å². The molecule has 9 aromatic carbocycles. The molecule has 0 amide bonds. The maximum atomic E-state index is 2.45. The van der Waals surface area contributed by atoms with Crippen LogP contribution in [0, 0.1) is 0 Å². The van der Waals surface area contributed by atoms with Gasteiger partial charge >= 0.3 is 0 Å². The van der Waals surface area contributed by atoms with Gasteiger partial charge in [0.1, 0.15) is 0 Å². The van der Waals surface area contributed by atoms with E-state index in [0.29, 0.717) is 0 Å². The van der Waals surface area contributed by atoms with Gasteiger partial charge in [-0.05, 0) is 102 Å². The third kappa shape index (κ3) is 5.63. The molecule has 0 N–H and O–H groups in total. The van der Waals surface area contributed by atoms with Gasteiger partial charge in [0.15, 0.2) is 0 Å². The van der Waals surface area contributed by atoms with Crippen LogP contribution in [-0.2, 0) is 5.41 Å². The minimum atomic E-state index is -0.1000. The van der Waals surface area contributed by atoms with E-state index in [9.17, 15) is 0 Å². The van der Waals surface area contributed by atoms with Gasteiger partial charge in [-0.1, -0.05) is 196 Å². The largest absolute Gasteiger partial charge is 0.310 e. The molecule has 0 atom stereocenters. The zero-order valence-electron chi connectivity index (χ0n) is 31.7. The zero-order valence-corrected chi connectivity index (χ0v) is 31.7. The van der Waals surface area contributed by atoms with E-state index in [1.807, 2.05) is 0 Å². The summed E-state index contributed by atoms with van der Waals surface area (Å²) in [6.45, 7) is 4.73. The summed E-state index contributed by atoms with van der Waals surface area (Å²) >= 11 is 0. The number of hydrogen-bond donors (Lipinski definition) is 0. The Morgan fingerprint density at radius 1 is 0.339 bits per heavy atom. The van der Waals surface area contributed by atoms with Gasteiger partial charge in [-0.3, -0.25) is 0 Å². The molecule has 1 heteroatoms. The van der Waals surface area contributed by atoms with Gasteiger partial charge in [0.05, 0.1) is 5.69 Å². The van der Waals surface area contributed by atoms with Crippen molar-refractivity contribution >= 4 is 27.8 Å². The summed E-state index contributed by atoms with van der Waals surface area (Å²) < 4.78 is 0. The molecular formula is C55H41N. The van der Waals surface area contributed by atoms with Gasteiger partial charge in [-0.25, -0.2) is 0 Å². The van der Waals surface area contributed by atoms with Crippen LogP contribution in [0.4, 0.5) is 17.1 Å². The molecule has 0 aromatic heterocycles. The van der Waals surface area contributed by atoms with Crippen molar-refractivity contribution in [1.29, 1.82) is 0 Å². The Morgan fingerprint density at radius 3 is 1.61 bits per heavy atom. The molecule has 0 spiro atoms. The Kier molecular flexibility index (Phi) is 8.23. The lowest BCUT2D eigenvalue weighted by Gasteiger charge is -2.30. The van der Waals surface area contributed by atoms with E-state index in [1.165, 1.54) is 77.5 Å². The lowest BCUT2D eigenvalue weighted by Crippen LogP contribution is -2.16. The quantitative estimate of drug-likeness (QED) is 0.159. The maximum absolute atomic E-state index is 2.45. The van der Waals surface area contributed by atoms with E-state index >= 15 is 0 Å². The molecule has 1 aliphatic carbocycles. The normalized spacial score (nSPS) is 12.6. The first-order chi connectivity index (χ1) is 27.6. The lowest BCUT2D eigenvalue weighted by atomic mass is 9.79. The van der Waals surface area contributed by atoms with Crippen molar-refractivity contribution in [3.63, 3.8) is 0 Å². The highest BCUT2D eigenvalue weighted by molar-refractivity contribution is 6.02. The predicted molar refractivity (Wildman–Crippen MR) is 238 cm³/mol. The van der Waals surface area contributed by atoms with Crippen LogP contribution in [0.1, 0.15) is 25.0 Å². The van der Waals surface area contributed by atoms with Crippen LogP contribution in [0.25, 0.3) is 66.4 Å². The number of rotatable bonds is 7. The van der Waals surface area contributed by atoms with Crippen molar-refractivity contribution in [3.05, 3.63) is 223 Å². The molecule has 0 aliphatic heterocycles. The van der Waals surface area contributed by atoms with Crippen molar-refractivity contribution in [3.8, 4) is 55.6 Å². The smallest absolute Gasteiger partial charge is 0.0546 e. The van der Waals surface area contributed by atoms with Gasteiger partial charge in [-0.2, -0.15) is 0 Å². The van der Waals surface area contributed by atoms with Crippen molar-refractivity contribution in [2.45, 2.75) is 19.3 Å². The van der Waals surface area contributed by atoms with Gasteiger partial charge in [0, 0.05) is 22.4 Å². The SMILES string of the molecule is CC1(C)c2ccccc2-c2cccc(-c3ccc(N(c4ccc5ccccc5c4)c4cccc(-c5ccccc5)c4-c4ccccc4-c4ccccc4)cc3)c21. The number of hydrogen-bond acceptors (Lipinski definition) is 1. The molecule has 1 aliphatic rings. The van der Waals surface area contributed by atoms with E-state index in [1.54, 1.807) is 0 Å². The molecule has 0 saturated heterocycles. The maximum Gasteiger partial charge on any atom is 0.0546 e. The molecule has 0 radical (unpaired) electrons. The van der Waals surface area contributed by atoms with Crippen LogP contribution in [0.15, 0.2) is 212 Å². The molecule has 0 heterocycles. The van der Waals surface area contributed by atoms with Crippen molar-refractivity contribution < 1.29 is 0 Å². The van der Waals surface area contributed by atoms with Crippen LogP contribution >= 0.6 is 0 Å². The third-order valence-corrected chi connectivity index (χ3v) is 11.7. The van der Waals surface area contributed by atoms with Crippen molar-refractivity contribution in [2.75, 3.05) is 4.90 Å². The van der Waals surface area contributed by atoms with E-state index in [-0.39, 0.29) is 5.41 Å². The Morgan fingerprint density at radius 2 is 0.857 bits per heavy atom. The fourth-order valence-electron chi connectivity index (χ4n) is 9.06. The molecule has 10 rings (SSSR count). The molecule has 266 valence electrons. The van der Waals surface area contributed by atoms with E-state index in [2.05, 4.69) is 231 Å². The highest BCUT2D eigenvalue weighted by Crippen LogP contribution is 2.53. The Hall–Kier alpha value is -6.96. The number of fused-ring (bicyclic) bond motifs is 4. The molecule has 0 bridgehead atoms. The highest BCUT2D eigenvalue weighted by Gasteiger charge is 2.37. The number of benzene rings is 9. The first-order valence-corrected chi connectivity index (χ1v) is 19.5. The van der Waals surface area contributed by atoms with Crippen molar-refractivity contribution in [2.24, 2.45) is 0 Å². The summed E-state index contributed by atoms with van der Waals surface area (Å²) in [4.78, 5) is 2.45. The Bertz CT molecular complexity index is 2870. The number of anilines is 3. The fourth-order valence-corrected chi connectivity index (χ4v) is 9.06. The summed E-state index contributed by atoms with van der Waals surface area (Å²) in [6, 6.07) is 77.6. The molecule has 56 heavy (non-hydrogen) atoms. The topological polar surface area (TPSA) is 3.24 Å². The fraction of sp³-hybridized carbons (Fsp3) is 0.0545. The molecule has 0 saturated carbocycles. The minimum Gasteiger partial charge on any atom is -0.310 e. The van der Waals surface area contributed by atoms with Gasteiger partial charge in [0.25, 0.3) is 0 Å². The van der Waals surface area contributed by atoms with Gasteiger partial charge in [0.2, 0.25) is 0 Å². The summed E-state index contributed by atoms with van der Waals surface area (Å²) in [7, 11) is 0. The molecule has 1 nitrogen and oxygen atoms in total. The second-order valence-corrected chi connectivity index (χ2v) is 15.3. The van der Waals surface area contributed by atoms with Crippen LogP contribution in [0.3, 0.4) is 0 Å². The molecular weight excluding hydrogens is 675 g/mol. The molecule has 9 aromatic rings. The average Bonchev–Trinajstić information content (AvgIpc) is 3.50. The van der Waals surface area contributed by atoms with Crippen LogP contribution < -0.4 is 4.90 Å². The standard InChI is InChI=1S/C55H41N/c1-55(2)51-29-14-13-24-48(51)50-28-15-27-47(54(50)55)41-32-34-43(35-33-41)56(44-36-31-38-17-9-10-22-42(38)37-44)52-30-16-26-46(40-20-7-4-8-21-40)53(52)49-25-12-11-23-45(49)39-18-5-3-6-19-39/h3-37H,1-2H3. The predicted octanol–water partition coefficient (Wildman–Crippen LogP) is 15.3. The first kappa shape index (κ1) is 33.6. The summed E-state index contributed by atoms with van der Waals surface area (Å²) in [5.74, 6) is 0. The number of nitrogens with zero attached hydrogens (tertiary/aromatic N) is 1. The first-order valence-electron chi connectivity index (χ1n) is 19.5. The summed E-state index contributed by atoms with van der Waals surface area (Å²) in [5, 5.41) is 2.43. The summed E-state index contributed by atoms with van der Waals surface area (Å²) in [5.41, 5.74) is 18.4. The van der Waals surface area contributed by atoms with E-state index in [0.717, 1.165) is 17.1 Å². The highest BCUT2D eigenvalue weighted by atomic mass is 15.1. The molecule has 0 fully saturated rings. The Balaban J connectivity index is 1.20. The monoisotopic (exact) mass is 715 g/mol. The van der Waals surface area contributed by atoms with Gasteiger partial charge in [-0.15, -0.1) is 0 Å². The Labute approximate surface area is 329 Å².